The van der Waals surface area contributed by atoms with Gasteiger partial charge in [0.25, 0.3) is 5.56 Å². The molecule has 98 valence electrons. The van der Waals surface area contributed by atoms with E-state index in [0.717, 1.165) is 29.3 Å². The van der Waals surface area contributed by atoms with Gasteiger partial charge < -0.3 is 0 Å². The van der Waals surface area contributed by atoms with Gasteiger partial charge in [0, 0.05) is 19.2 Å². The summed E-state index contributed by atoms with van der Waals surface area (Å²) in [4.78, 5) is 16.7. The molecule has 5 heteroatoms. The minimum absolute atomic E-state index is 0.00914. The maximum absolute atomic E-state index is 12.2. The molecular formula is C14H15N3OS. The first-order chi connectivity index (χ1) is 9.24. The van der Waals surface area contributed by atoms with Crippen molar-refractivity contribution >= 4 is 22.7 Å². The molecule has 0 spiro atoms. The predicted octanol–water partition coefficient (Wildman–Crippen LogP) is 2.72. The standard InChI is InChI=1S/C14H15N3OS/c1-17-13(18)11-7-3-4-8-12(11)16-14(17)19-10-6-2-5-9-15/h3-4,7-8H,2,5-6,10H2,1H3. The summed E-state index contributed by atoms with van der Waals surface area (Å²) >= 11 is 1.57. The first kappa shape index (κ1) is 13.6. The number of unbranched alkanes of at least 4 members (excludes halogenated alkanes) is 2. The zero-order valence-electron chi connectivity index (χ0n) is 10.8. The Hall–Kier alpha value is -1.80. The van der Waals surface area contributed by atoms with E-state index in [1.165, 1.54) is 0 Å². The molecule has 1 heterocycles. The summed E-state index contributed by atoms with van der Waals surface area (Å²) in [5.41, 5.74) is 0.732. The van der Waals surface area contributed by atoms with Gasteiger partial charge in [-0.3, -0.25) is 9.36 Å². The van der Waals surface area contributed by atoms with Crippen LogP contribution in [0.2, 0.25) is 0 Å². The van der Waals surface area contributed by atoms with Crippen molar-refractivity contribution in [3.8, 4) is 6.07 Å². The first-order valence-electron chi connectivity index (χ1n) is 6.19. The molecule has 0 atom stereocenters. The molecule has 19 heavy (non-hydrogen) atoms. The number of nitrogens with zero attached hydrogens (tertiary/aromatic N) is 3. The van der Waals surface area contributed by atoms with E-state index in [-0.39, 0.29) is 5.56 Å². The fraction of sp³-hybridized carbons (Fsp3) is 0.357. The quantitative estimate of drug-likeness (QED) is 0.477. The number of nitriles is 1. The van der Waals surface area contributed by atoms with Crippen LogP contribution in [0, 0.1) is 11.3 Å². The van der Waals surface area contributed by atoms with Crippen molar-refractivity contribution in [2.24, 2.45) is 7.05 Å². The van der Waals surface area contributed by atoms with E-state index in [0.29, 0.717) is 11.8 Å². The minimum Gasteiger partial charge on any atom is -0.290 e. The monoisotopic (exact) mass is 273 g/mol. The van der Waals surface area contributed by atoms with Crippen LogP contribution in [-0.4, -0.2) is 15.3 Å². The third kappa shape index (κ3) is 3.15. The maximum Gasteiger partial charge on any atom is 0.261 e. The van der Waals surface area contributed by atoms with Crippen molar-refractivity contribution in [1.82, 2.24) is 9.55 Å². The van der Waals surface area contributed by atoms with Gasteiger partial charge in [0.2, 0.25) is 0 Å². The average Bonchev–Trinajstić information content (AvgIpc) is 2.44. The fourth-order valence-corrected chi connectivity index (χ4v) is 2.77. The molecule has 2 rings (SSSR count). The van der Waals surface area contributed by atoms with E-state index in [1.54, 1.807) is 29.4 Å². The molecule has 0 N–H and O–H groups in total. The zero-order valence-corrected chi connectivity index (χ0v) is 11.6. The number of hydrogen-bond acceptors (Lipinski definition) is 4. The van der Waals surface area contributed by atoms with Crippen molar-refractivity contribution in [3.63, 3.8) is 0 Å². The van der Waals surface area contributed by atoms with Crippen LogP contribution in [-0.2, 0) is 7.05 Å². The van der Waals surface area contributed by atoms with Crippen LogP contribution in [0.5, 0.6) is 0 Å². The highest BCUT2D eigenvalue weighted by atomic mass is 32.2. The second kappa shape index (κ2) is 6.39. The van der Waals surface area contributed by atoms with E-state index in [9.17, 15) is 4.79 Å². The third-order valence-corrected chi connectivity index (χ3v) is 3.97. The van der Waals surface area contributed by atoms with Crippen molar-refractivity contribution in [2.45, 2.75) is 24.4 Å². The van der Waals surface area contributed by atoms with E-state index in [1.807, 2.05) is 18.2 Å². The number of aromatic nitrogens is 2. The summed E-state index contributed by atoms with van der Waals surface area (Å²) < 4.78 is 1.59. The van der Waals surface area contributed by atoms with Crippen LogP contribution in [0.25, 0.3) is 10.9 Å². The van der Waals surface area contributed by atoms with Crippen LogP contribution < -0.4 is 5.56 Å². The molecule has 0 saturated heterocycles. The summed E-state index contributed by atoms with van der Waals surface area (Å²) in [7, 11) is 1.75. The number of para-hydroxylation sites is 1. The third-order valence-electron chi connectivity index (χ3n) is 2.86. The topological polar surface area (TPSA) is 58.7 Å². The Morgan fingerprint density at radius 2 is 2.16 bits per heavy atom. The Balaban J connectivity index is 2.17. The van der Waals surface area contributed by atoms with Gasteiger partial charge >= 0.3 is 0 Å². The summed E-state index contributed by atoms with van der Waals surface area (Å²) in [5, 5.41) is 9.86. The summed E-state index contributed by atoms with van der Waals surface area (Å²) in [6, 6.07) is 9.52. The van der Waals surface area contributed by atoms with Crippen LogP contribution in [0.1, 0.15) is 19.3 Å². The number of hydrogen-bond donors (Lipinski definition) is 0. The summed E-state index contributed by atoms with van der Waals surface area (Å²) in [5.74, 6) is 0.875. The van der Waals surface area contributed by atoms with Gasteiger partial charge in [-0.15, -0.1) is 0 Å². The Bertz CT molecular complexity index is 672. The predicted molar refractivity (Wildman–Crippen MR) is 77.2 cm³/mol. The summed E-state index contributed by atoms with van der Waals surface area (Å²) in [6.45, 7) is 0. The van der Waals surface area contributed by atoms with Crippen LogP contribution in [0.3, 0.4) is 0 Å². The molecule has 0 unspecified atom stereocenters. The van der Waals surface area contributed by atoms with E-state index < -0.39 is 0 Å². The van der Waals surface area contributed by atoms with Gasteiger partial charge in [0.05, 0.1) is 17.0 Å². The van der Waals surface area contributed by atoms with Crippen molar-refractivity contribution < 1.29 is 0 Å². The Kier molecular flexibility index (Phi) is 4.58. The Labute approximate surface area is 116 Å². The molecule has 4 nitrogen and oxygen atoms in total. The Morgan fingerprint density at radius 1 is 1.37 bits per heavy atom. The van der Waals surface area contributed by atoms with Gasteiger partial charge in [-0.25, -0.2) is 4.98 Å². The SMILES string of the molecule is Cn1c(SCCCCC#N)nc2ccccc2c1=O. The second-order valence-corrected chi connectivity index (χ2v) is 5.30. The number of benzene rings is 1. The first-order valence-corrected chi connectivity index (χ1v) is 7.18. The van der Waals surface area contributed by atoms with Gasteiger partial charge in [0.15, 0.2) is 5.16 Å². The van der Waals surface area contributed by atoms with Gasteiger partial charge in [-0.05, 0) is 25.0 Å². The minimum atomic E-state index is -0.00914. The molecule has 0 amide bonds. The lowest BCUT2D eigenvalue weighted by Crippen LogP contribution is -2.20. The Morgan fingerprint density at radius 3 is 2.95 bits per heavy atom. The fourth-order valence-electron chi connectivity index (χ4n) is 1.80. The van der Waals surface area contributed by atoms with Crippen LogP contribution in [0.15, 0.2) is 34.2 Å². The number of thioether (sulfide) groups is 1. The van der Waals surface area contributed by atoms with Crippen LogP contribution in [0.4, 0.5) is 0 Å². The molecule has 1 aromatic heterocycles. The van der Waals surface area contributed by atoms with Crippen molar-refractivity contribution in [1.29, 1.82) is 5.26 Å². The van der Waals surface area contributed by atoms with Crippen molar-refractivity contribution in [3.05, 3.63) is 34.6 Å². The lowest BCUT2D eigenvalue weighted by Gasteiger charge is -2.08. The van der Waals surface area contributed by atoms with Gasteiger partial charge in [-0.1, -0.05) is 23.9 Å². The maximum atomic E-state index is 12.2. The molecule has 0 aliphatic heterocycles. The van der Waals surface area contributed by atoms with Gasteiger partial charge in [0.1, 0.15) is 0 Å². The highest BCUT2D eigenvalue weighted by molar-refractivity contribution is 7.99. The molecule has 1 aromatic carbocycles. The molecular weight excluding hydrogens is 258 g/mol. The van der Waals surface area contributed by atoms with E-state index in [4.69, 9.17) is 5.26 Å². The largest absolute Gasteiger partial charge is 0.290 e. The molecule has 0 saturated carbocycles. The summed E-state index contributed by atoms with van der Waals surface area (Å²) in [6.07, 6.45) is 2.44. The molecule has 2 aromatic rings. The van der Waals surface area contributed by atoms with Gasteiger partial charge in [-0.2, -0.15) is 5.26 Å². The van der Waals surface area contributed by atoms with E-state index in [2.05, 4.69) is 11.1 Å². The molecule has 0 bridgehead atoms. The molecule has 0 aliphatic carbocycles. The lowest BCUT2D eigenvalue weighted by molar-refractivity contribution is 0.724. The number of rotatable bonds is 5. The highest BCUT2D eigenvalue weighted by Crippen LogP contribution is 2.18. The van der Waals surface area contributed by atoms with Crippen molar-refractivity contribution in [2.75, 3.05) is 5.75 Å². The van der Waals surface area contributed by atoms with E-state index >= 15 is 0 Å². The highest BCUT2D eigenvalue weighted by Gasteiger charge is 2.07. The number of fused-ring (bicyclic) bond motifs is 1. The normalized spacial score (nSPS) is 10.5. The zero-order chi connectivity index (χ0) is 13.7. The molecule has 0 radical (unpaired) electrons. The second-order valence-electron chi connectivity index (χ2n) is 4.24. The smallest absolute Gasteiger partial charge is 0.261 e. The average molecular weight is 273 g/mol. The molecule has 0 fully saturated rings. The van der Waals surface area contributed by atoms with Crippen LogP contribution >= 0.6 is 11.8 Å². The lowest BCUT2D eigenvalue weighted by atomic mass is 10.2. The molecule has 0 aliphatic rings.